The highest BCUT2D eigenvalue weighted by Gasteiger charge is 2.23. The Bertz CT molecular complexity index is 607. The van der Waals surface area contributed by atoms with Crippen molar-refractivity contribution in [2.24, 2.45) is 5.92 Å². The van der Waals surface area contributed by atoms with Gasteiger partial charge in [-0.1, -0.05) is 6.07 Å². The number of hydrogen-bond acceptors (Lipinski definition) is 3. The molecular formula is C15H20N4O. The van der Waals surface area contributed by atoms with Crippen molar-refractivity contribution < 1.29 is 4.79 Å². The van der Waals surface area contributed by atoms with E-state index in [0.29, 0.717) is 6.54 Å². The fourth-order valence-electron chi connectivity index (χ4n) is 2.83. The number of hydrogen-bond donors (Lipinski definition) is 1. The average molecular weight is 272 g/mol. The van der Waals surface area contributed by atoms with Gasteiger partial charge in [-0.3, -0.25) is 4.79 Å². The lowest BCUT2D eigenvalue weighted by molar-refractivity contribution is -0.126. The Balaban J connectivity index is 1.63. The third kappa shape index (κ3) is 2.67. The Morgan fingerprint density at radius 2 is 2.40 bits per heavy atom. The fraction of sp³-hybridized carbons (Fsp3) is 0.467. The molecule has 106 valence electrons. The molecule has 1 amide bonds. The van der Waals surface area contributed by atoms with E-state index in [0.717, 1.165) is 37.0 Å². The SMILES string of the molecule is CN1CCCC(C(=O)NCc2cnn3ccccc23)C1. The first-order chi connectivity index (χ1) is 9.74. The average Bonchev–Trinajstić information content (AvgIpc) is 2.88. The predicted octanol–water partition coefficient (Wildman–Crippen LogP) is 1.29. The minimum atomic E-state index is 0.121. The van der Waals surface area contributed by atoms with Gasteiger partial charge < -0.3 is 10.2 Å². The van der Waals surface area contributed by atoms with E-state index in [2.05, 4.69) is 22.4 Å². The first-order valence-electron chi connectivity index (χ1n) is 7.11. The van der Waals surface area contributed by atoms with Crippen molar-refractivity contribution in [2.75, 3.05) is 20.1 Å². The van der Waals surface area contributed by atoms with Gasteiger partial charge in [0.1, 0.15) is 0 Å². The van der Waals surface area contributed by atoms with E-state index in [4.69, 9.17) is 0 Å². The first kappa shape index (κ1) is 13.1. The molecule has 3 rings (SSSR count). The van der Waals surface area contributed by atoms with Crippen molar-refractivity contribution in [1.82, 2.24) is 19.8 Å². The summed E-state index contributed by atoms with van der Waals surface area (Å²) < 4.78 is 1.83. The summed E-state index contributed by atoms with van der Waals surface area (Å²) in [6.45, 7) is 2.50. The van der Waals surface area contributed by atoms with E-state index >= 15 is 0 Å². The number of carbonyl (C=O) groups is 1. The molecule has 0 aromatic carbocycles. The van der Waals surface area contributed by atoms with Crippen molar-refractivity contribution in [2.45, 2.75) is 19.4 Å². The molecule has 5 heteroatoms. The van der Waals surface area contributed by atoms with Crippen LogP contribution in [0.25, 0.3) is 5.52 Å². The van der Waals surface area contributed by atoms with E-state index in [-0.39, 0.29) is 11.8 Å². The molecule has 1 saturated heterocycles. The summed E-state index contributed by atoms with van der Waals surface area (Å²) in [5.74, 6) is 0.280. The van der Waals surface area contributed by atoms with E-state index < -0.39 is 0 Å². The summed E-state index contributed by atoms with van der Waals surface area (Å²) in [6, 6.07) is 5.95. The fourth-order valence-corrected chi connectivity index (χ4v) is 2.83. The smallest absolute Gasteiger partial charge is 0.224 e. The van der Waals surface area contributed by atoms with Gasteiger partial charge in [0.05, 0.1) is 17.6 Å². The van der Waals surface area contributed by atoms with Gasteiger partial charge in [-0.2, -0.15) is 5.10 Å². The number of carbonyl (C=O) groups excluding carboxylic acids is 1. The first-order valence-corrected chi connectivity index (χ1v) is 7.11. The zero-order valence-corrected chi connectivity index (χ0v) is 11.7. The number of piperidine rings is 1. The van der Waals surface area contributed by atoms with Crippen molar-refractivity contribution in [3.05, 3.63) is 36.2 Å². The molecule has 0 radical (unpaired) electrons. The van der Waals surface area contributed by atoms with Crippen LogP contribution in [0.15, 0.2) is 30.6 Å². The van der Waals surface area contributed by atoms with Crippen molar-refractivity contribution in [1.29, 1.82) is 0 Å². The second-order valence-electron chi connectivity index (χ2n) is 5.52. The highest BCUT2D eigenvalue weighted by molar-refractivity contribution is 5.79. The number of nitrogens with one attached hydrogen (secondary N) is 1. The van der Waals surface area contributed by atoms with E-state index in [9.17, 15) is 4.79 Å². The van der Waals surface area contributed by atoms with E-state index in [1.807, 2.05) is 35.1 Å². The molecule has 0 bridgehead atoms. The molecule has 20 heavy (non-hydrogen) atoms. The highest BCUT2D eigenvalue weighted by atomic mass is 16.1. The van der Waals surface area contributed by atoms with Gasteiger partial charge in [0, 0.05) is 24.8 Å². The van der Waals surface area contributed by atoms with Crippen LogP contribution in [0.4, 0.5) is 0 Å². The largest absolute Gasteiger partial charge is 0.352 e. The predicted molar refractivity (Wildman–Crippen MR) is 77.3 cm³/mol. The number of nitrogens with zero attached hydrogens (tertiary/aromatic N) is 3. The summed E-state index contributed by atoms with van der Waals surface area (Å²) in [4.78, 5) is 14.4. The van der Waals surface area contributed by atoms with Gasteiger partial charge >= 0.3 is 0 Å². The number of aromatic nitrogens is 2. The molecule has 1 unspecified atom stereocenters. The molecule has 1 atom stereocenters. The summed E-state index contributed by atoms with van der Waals surface area (Å²) in [7, 11) is 2.07. The standard InChI is InChI=1S/C15H20N4O/c1-18-7-4-5-12(11-18)15(20)16-9-13-10-17-19-8-3-2-6-14(13)19/h2-3,6,8,10,12H,4-5,7,9,11H2,1H3,(H,16,20). The topological polar surface area (TPSA) is 49.6 Å². The van der Waals surface area contributed by atoms with Crippen LogP contribution in [-0.4, -0.2) is 40.6 Å². The molecule has 1 fully saturated rings. The number of fused-ring (bicyclic) bond motifs is 1. The molecule has 1 aliphatic rings. The Morgan fingerprint density at radius 1 is 1.50 bits per heavy atom. The summed E-state index contributed by atoms with van der Waals surface area (Å²) in [6.07, 6.45) is 5.83. The molecular weight excluding hydrogens is 252 g/mol. The van der Waals surface area contributed by atoms with Crippen LogP contribution in [-0.2, 0) is 11.3 Å². The second-order valence-corrected chi connectivity index (χ2v) is 5.52. The Morgan fingerprint density at radius 3 is 3.25 bits per heavy atom. The van der Waals surface area contributed by atoms with E-state index in [1.165, 1.54) is 0 Å². The van der Waals surface area contributed by atoms with E-state index in [1.54, 1.807) is 0 Å². The normalized spacial score (nSPS) is 20.1. The number of likely N-dealkylation sites (tertiary alicyclic amines) is 1. The van der Waals surface area contributed by atoms with Crippen LogP contribution in [0, 0.1) is 5.92 Å². The molecule has 0 saturated carbocycles. The summed E-state index contributed by atoms with van der Waals surface area (Å²) >= 11 is 0. The van der Waals surface area contributed by atoms with Gasteiger partial charge in [0.2, 0.25) is 5.91 Å². The molecule has 1 N–H and O–H groups in total. The molecule has 1 aliphatic heterocycles. The monoisotopic (exact) mass is 272 g/mol. The minimum Gasteiger partial charge on any atom is -0.352 e. The Hall–Kier alpha value is -1.88. The third-order valence-electron chi connectivity index (χ3n) is 3.95. The van der Waals surface area contributed by atoms with Crippen LogP contribution in [0.3, 0.4) is 0 Å². The quantitative estimate of drug-likeness (QED) is 0.916. The molecule has 2 aromatic heterocycles. The van der Waals surface area contributed by atoms with Crippen LogP contribution in [0.1, 0.15) is 18.4 Å². The lowest BCUT2D eigenvalue weighted by Gasteiger charge is -2.28. The van der Waals surface area contributed by atoms with Gasteiger partial charge in [-0.15, -0.1) is 0 Å². The highest BCUT2D eigenvalue weighted by Crippen LogP contribution is 2.16. The molecule has 0 aliphatic carbocycles. The number of amides is 1. The molecule has 2 aromatic rings. The third-order valence-corrected chi connectivity index (χ3v) is 3.95. The molecule has 3 heterocycles. The molecule has 5 nitrogen and oxygen atoms in total. The summed E-state index contributed by atoms with van der Waals surface area (Å²) in [5, 5.41) is 7.33. The maximum absolute atomic E-state index is 12.2. The van der Waals surface area contributed by atoms with Crippen LogP contribution >= 0.6 is 0 Å². The van der Waals surface area contributed by atoms with Crippen molar-refractivity contribution >= 4 is 11.4 Å². The van der Waals surface area contributed by atoms with Gasteiger partial charge in [0.25, 0.3) is 0 Å². The van der Waals surface area contributed by atoms with Crippen LogP contribution in [0.2, 0.25) is 0 Å². The van der Waals surface area contributed by atoms with Crippen LogP contribution in [0.5, 0.6) is 0 Å². The van der Waals surface area contributed by atoms with Crippen molar-refractivity contribution in [3.63, 3.8) is 0 Å². The lowest BCUT2D eigenvalue weighted by atomic mass is 9.97. The lowest BCUT2D eigenvalue weighted by Crippen LogP contribution is -2.41. The Labute approximate surface area is 118 Å². The zero-order valence-electron chi connectivity index (χ0n) is 11.7. The van der Waals surface area contributed by atoms with Gasteiger partial charge in [-0.25, -0.2) is 4.52 Å². The van der Waals surface area contributed by atoms with Crippen molar-refractivity contribution in [3.8, 4) is 0 Å². The van der Waals surface area contributed by atoms with Gasteiger partial charge in [-0.05, 0) is 38.6 Å². The maximum Gasteiger partial charge on any atom is 0.224 e. The van der Waals surface area contributed by atoms with Crippen LogP contribution < -0.4 is 5.32 Å². The maximum atomic E-state index is 12.2. The molecule has 0 spiro atoms. The number of rotatable bonds is 3. The van der Waals surface area contributed by atoms with Gasteiger partial charge in [0.15, 0.2) is 0 Å². The second kappa shape index (κ2) is 5.63. The Kier molecular flexibility index (Phi) is 3.69. The zero-order chi connectivity index (χ0) is 13.9. The summed E-state index contributed by atoms with van der Waals surface area (Å²) in [5.41, 5.74) is 2.11. The number of pyridine rings is 1. The minimum absolute atomic E-state index is 0.121.